The molecule has 0 aliphatic rings. The first-order chi connectivity index (χ1) is 18.1. The number of thioether (sulfide) groups is 1. The van der Waals surface area contributed by atoms with Crippen LogP contribution >= 0.6 is 11.8 Å². The Morgan fingerprint density at radius 1 is 0.811 bits per heavy atom. The summed E-state index contributed by atoms with van der Waals surface area (Å²) in [4.78, 5) is 30.2. The number of hydrogen-bond acceptors (Lipinski definition) is 4. The van der Waals surface area contributed by atoms with Gasteiger partial charge in [0.2, 0.25) is 5.91 Å². The minimum absolute atomic E-state index is 0.130. The average molecular weight is 508 g/mol. The first-order valence-electron chi connectivity index (χ1n) is 11.7. The van der Waals surface area contributed by atoms with Gasteiger partial charge in [0.25, 0.3) is 5.91 Å². The number of hydrogen-bond donors (Lipinski definition) is 3. The molecule has 4 aromatic carbocycles. The summed E-state index contributed by atoms with van der Waals surface area (Å²) < 4.78 is 5.16. The summed E-state index contributed by atoms with van der Waals surface area (Å²) in [5.41, 5.74) is 3.75. The molecule has 1 heterocycles. The number of fused-ring (bicyclic) bond motifs is 1. The zero-order valence-corrected chi connectivity index (χ0v) is 20.9. The molecule has 37 heavy (non-hydrogen) atoms. The quantitative estimate of drug-likeness (QED) is 0.200. The number of methoxy groups -OCH3 is 1. The van der Waals surface area contributed by atoms with Crippen LogP contribution in [0.5, 0.6) is 5.75 Å². The molecule has 5 rings (SSSR count). The second kappa shape index (κ2) is 11.1. The molecule has 1 aromatic heterocycles. The molecular weight excluding hydrogens is 482 g/mol. The van der Waals surface area contributed by atoms with Crippen LogP contribution in [0.2, 0.25) is 0 Å². The van der Waals surface area contributed by atoms with Crippen LogP contribution in [-0.2, 0) is 4.79 Å². The van der Waals surface area contributed by atoms with Gasteiger partial charge in [0.1, 0.15) is 11.0 Å². The number of amides is 2. The van der Waals surface area contributed by atoms with Gasteiger partial charge in [-0.25, -0.2) is 0 Å². The van der Waals surface area contributed by atoms with Gasteiger partial charge in [-0.2, -0.15) is 0 Å². The molecule has 0 aliphatic carbocycles. The van der Waals surface area contributed by atoms with Gasteiger partial charge in [-0.15, -0.1) is 11.8 Å². The van der Waals surface area contributed by atoms with Crippen LogP contribution in [0.3, 0.4) is 0 Å². The maximum Gasteiger partial charge on any atom is 0.255 e. The van der Waals surface area contributed by atoms with Crippen molar-refractivity contribution in [2.24, 2.45) is 0 Å². The molecule has 0 saturated carbocycles. The molecule has 7 heteroatoms. The van der Waals surface area contributed by atoms with Crippen molar-refractivity contribution in [2.45, 2.75) is 10.1 Å². The molecule has 184 valence electrons. The molecule has 5 aromatic rings. The van der Waals surface area contributed by atoms with Crippen molar-refractivity contribution < 1.29 is 14.3 Å². The number of nitrogens with one attached hydrogen (secondary N) is 3. The lowest BCUT2D eigenvalue weighted by atomic mass is 10.1. The fourth-order valence-electron chi connectivity index (χ4n) is 3.96. The Labute approximate surface area is 219 Å². The topological polar surface area (TPSA) is 83.2 Å². The van der Waals surface area contributed by atoms with Crippen LogP contribution in [0.4, 0.5) is 11.4 Å². The third-order valence-corrected chi connectivity index (χ3v) is 7.11. The minimum atomic E-state index is -0.493. The van der Waals surface area contributed by atoms with Gasteiger partial charge >= 0.3 is 0 Å². The van der Waals surface area contributed by atoms with Gasteiger partial charge in [-0.3, -0.25) is 9.59 Å². The Morgan fingerprint density at radius 2 is 1.59 bits per heavy atom. The number of rotatable bonds is 8. The van der Waals surface area contributed by atoms with E-state index in [-0.39, 0.29) is 11.8 Å². The number of H-pyrrole nitrogens is 1. The van der Waals surface area contributed by atoms with Crippen molar-refractivity contribution in [1.29, 1.82) is 0 Å². The van der Waals surface area contributed by atoms with Gasteiger partial charge in [0.15, 0.2) is 0 Å². The molecule has 0 radical (unpaired) electrons. The summed E-state index contributed by atoms with van der Waals surface area (Å²) in [6.45, 7) is 0. The number of ether oxygens (including phenoxy) is 1. The average Bonchev–Trinajstić information content (AvgIpc) is 3.40. The van der Waals surface area contributed by atoms with Gasteiger partial charge in [-0.05, 0) is 71.6 Å². The molecule has 6 nitrogen and oxygen atoms in total. The predicted octanol–water partition coefficient (Wildman–Crippen LogP) is 6.90. The van der Waals surface area contributed by atoms with Crippen molar-refractivity contribution >= 4 is 45.9 Å². The summed E-state index contributed by atoms with van der Waals surface area (Å²) in [7, 11) is 1.58. The molecule has 0 aliphatic heterocycles. The second-order valence-electron chi connectivity index (χ2n) is 8.39. The van der Waals surface area contributed by atoms with E-state index in [1.807, 2.05) is 85.1 Å². The van der Waals surface area contributed by atoms with Crippen LogP contribution in [-0.4, -0.2) is 23.9 Å². The van der Waals surface area contributed by atoms with E-state index in [0.717, 1.165) is 27.0 Å². The van der Waals surface area contributed by atoms with Gasteiger partial charge in [0, 0.05) is 33.5 Å². The maximum absolute atomic E-state index is 13.5. The Kier molecular flexibility index (Phi) is 7.23. The van der Waals surface area contributed by atoms with Crippen LogP contribution in [0.1, 0.15) is 21.2 Å². The zero-order chi connectivity index (χ0) is 25.6. The Bertz CT molecular complexity index is 1530. The lowest BCUT2D eigenvalue weighted by Crippen LogP contribution is -2.19. The first-order valence-corrected chi connectivity index (χ1v) is 12.6. The second-order valence-corrected chi connectivity index (χ2v) is 9.57. The van der Waals surface area contributed by atoms with Crippen LogP contribution in [0.15, 0.2) is 114 Å². The number of aromatic nitrogens is 1. The summed E-state index contributed by atoms with van der Waals surface area (Å²) >= 11 is 1.43. The molecule has 0 saturated heterocycles. The molecular formula is C30H25N3O3S. The predicted molar refractivity (Wildman–Crippen MR) is 149 cm³/mol. The van der Waals surface area contributed by atoms with Crippen LogP contribution in [0.25, 0.3) is 10.9 Å². The van der Waals surface area contributed by atoms with E-state index in [0.29, 0.717) is 17.0 Å². The van der Waals surface area contributed by atoms with Crippen molar-refractivity contribution in [1.82, 2.24) is 4.98 Å². The van der Waals surface area contributed by atoms with Gasteiger partial charge in [-0.1, -0.05) is 42.5 Å². The van der Waals surface area contributed by atoms with E-state index in [4.69, 9.17) is 4.74 Å². The Hall–Kier alpha value is -4.49. The summed E-state index contributed by atoms with van der Waals surface area (Å²) in [5.74, 6) is 0.338. The SMILES string of the molecule is COc1ccc(C(=O)Nc2cccc(SC(C(=O)Nc3ccc4cc[nH]c4c3)c3ccccc3)c2)cc1. The molecule has 1 unspecified atom stereocenters. The zero-order valence-electron chi connectivity index (χ0n) is 20.1. The molecule has 0 bridgehead atoms. The van der Waals surface area contributed by atoms with E-state index in [1.165, 1.54) is 11.8 Å². The highest BCUT2D eigenvalue weighted by Gasteiger charge is 2.22. The Balaban J connectivity index is 1.34. The van der Waals surface area contributed by atoms with E-state index in [9.17, 15) is 9.59 Å². The van der Waals surface area contributed by atoms with Crippen molar-refractivity contribution in [3.05, 3.63) is 120 Å². The number of carbonyl (C=O) groups excluding carboxylic acids is 2. The lowest BCUT2D eigenvalue weighted by Gasteiger charge is -2.18. The van der Waals surface area contributed by atoms with E-state index in [1.54, 1.807) is 31.4 Å². The summed E-state index contributed by atoms with van der Waals surface area (Å²) in [5, 5.41) is 6.59. The Morgan fingerprint density at radius 3 is 2.38 bits per heavy atom. The first kappa shape index (κ1) is 24.2. The van der Waals surface area contributed by atoms with Crippen molar-refractivity contribution in [3.8, 4) is 5.75 Å². The lowest BCUT2D eigenvalue weighted by molar-refractivity contribution is -0.115. The standard InChI is InChI=1S/C30H25N3O3S/c1-36-25-14-11-22(12-15-25)29(34)32-23-8-5-9-26(18-23)37-28(21-6-3-2-4-7-21)30(35)33-24-13-10-20-16-17-31-27(20)19-24/h2-19,28,31H,1H3,(H,32,34)(H,33,35). The number of aromatic amines is 1. The fraction of sp³-hybridized carbons (Fsp3) is 0.0667. The minimum Gasteiger partial charge on any atom is -0.497 e. The normalized spacial score (nSPS) is 11.6. The maximum atomic E-state index is 13.5. The van der Waals surface area contributed by atoms with Crippen LogP contribution in [0, 0.1) is 0 Å². The molecule has 0 spiro atoms. The third kappa shape index (κ3) is 5.85. The monoisotopic (exact) mass is 507 g/mol. The molecule has 3 N–H and O–H groups in total. The van der Waals surface area contributed by atoms with Crippen molar-refractivity contribution in [3.63, 3.8) is 0 Å². The third-order valence-electron chi connectivity index (χ3n) is 5.86. The number of benzene rings is 4. The summed E-state index contributed by atoms with van der Waals surface area (Å²) in [6.07, 6.45) is 1.87. The highest BCUT2D eigenvalue weighted by atomic mass is 32.2. The highest BCUT2D eigenvalue weighted by Crippen LogP contribution is 2.37. The molecule has 2 amide bonds. The van der Waals surface area contributed by atoms with Crippen LogP contribution < -0.4 is 15.4 Å². The van der Waals surface area contributed by atoms with Crippen molar-refractivity contribution in [2.75, 3.05) is 17.7 Å². The smallest absolute Gasteiger partial charge is 0.255 e. The number of anilines is 2. The van der Waals surface area contributed by atoms with E-state index in [2.05, 4.69) is 15.6 Å². The number of carbonyl (C=O) groups is 2. The molecule has 0 fully saturated rings. The highest BCUT2D eigenvalue weighted by molar-refractivity contribution is 8.00. The van der Waals surface area contributed by atoms with E-state index >= 15 is 0 Å². The molecule has 1 atom stereocenters. The van der Waals surface area contributed by atoms with Gasteiger partial charge < -0.3 is 20.4 Å². The summed E-state index contributed by atoms with van der Waals surface area (Å²) in [6, 6.07) is 31.9. The van der Waals surface area contributed by atoms with Gasteiger partial charge in [0.05, 0.1) is 7.11 Å². The fourth-order valence-corrected chi connectivity index (χ4v) is 5.05. The van der Waals surface area contributed by atoms with E-state index < -0.39 is 5.25 Å². The largest absolute Gasteiger partial charge is 0.497 e.